The summed E-state index contributed by atoms with van der Waals surface area (Å²) in [5, 5.41) is 6.98. The normalized spacial score (nSPS) is 16.4. The van der Waals surface area contributed by atoms with Crippen LogP contribution in [0.2, 0.25) is 5.02 Å². The number of carbonyl (C=O) groups is 1. The number of alkyl halides is 3. The van der Waals surface area contributed by atoms with Gasteiger partial charge in [-0.3, -0.25) is 4.79 Å². The van der Waals surface area contributed by atoms with E-state index in [0.717, 1.165) is 16.7 Å². The second-order valence-corrected chi connectivity index (χ2v) is 7.01. The van der Waals surface area contributed by atoms with Gasteiger partial charge in [0.1, 0.15) is 11.9 Å². The van der Waals surface area contributed by atoms with Crippen molar-refractivity contribution in [3.8, 4) is 16.9 Å². The van der Waals surface area contributed by atoms with Crippen LogP contribution in [0.3, 0.4) is 0 Å². The number of hydrogen-bond donors (Lipinski definition) is 1. The van der Waals surface area contributed by atoms with Crippen molar-refractivity contribution < 1.29 is 22.7 Å². The minimum Gasteiger partial charge on any atom is -0.486 e. The molecular weight excluding hydrogens is 375 g/mol. The Labute approximate surface area is 151 Å². The molecule has 2 heterocycles. The van der Waals surface area contributed by atoms with Crippen molar-refractivity contribution in [2.24, 2.45) is 0 Å². The van der Waals surface area contributed by atoms with Crippen LogP contribution in [0.15, 0.2) is 29.0 Å². The van der Waals surface area contributed by atoms with Crippen LogP contribution in [0.4, 0.5) is 13.2 Å². The molecule has 25 heavy (non-hydrogen) atoms. The molecule has 0 unspecified atom stereocenters. The second-order valence-electron chi connectivity index (χ2n) is 5.82. The molecule has 0 spiro atoms. The molecule has 0 fully saturated rings. The van der Waals surface area contributed by atoms with Crippen LogP contribution >= 0.6 is 22.9 Å². The minimum absolute atomic E-state index is 0.148. The highest BCUT2D eigenvalue weighted by Gasteiger charge is 2.29. The van der Waals surface area contributed by atoms with Gasteiger partial charge in [0.05, 0.1) is 18.0 Å². The third-order valence-corrected chi connectivity index (χ3v) is 4.83. The number of rotatable bonds is 5. The summed E-state index contributed by atoms with van der Waals surface area (Å²) in [6.07, 6.45) is -5.82. The summed E-state index contributed by atoms with van der Waals surface area (Å²) in [5.74, 6) is -0.0582. The predicted octanol–water partition coefficient (Wildman–Crippen LogP) is 4.83. The van der Waals surface area contributed by atoms with E-state index in [4.69, 9.17) is 16.3 Å². The number of thiophene rings is 1. The van der Waals surface area contributed by atoms with Gasteiger partial charge in [-0.25, -0.2) is 0 Å². The zero-order chi connectivity index (χ0) is 18.0. The number of halogens is 4. The van der Waals surface area contributed by atoms with Gasteiger partial charge in [-0.2, -0.15) is 24.5 Å². The molecule has 134 valence electrons. The summed E-state index contributed by atoms with van der Waals surface area (Å²) < 4.78 is 42.1. The molecule has 0 bridgehead atoms. The summed E-state index contributed by atoms with van der Waals surface area (Å²) in [5.41, 5.74) is 2.99. The van der Waals surface area contributed by atoms with E-state index in [2.05, 4.69) is 5.32 Å². The van der Waals surface area contributed by atoms with E-state index in [9.17, 15) is 18.0 Å². The quantitative estimate of drug-likeness (QED) is 0.795. The first-order chi connectivity index (χ1) is 11.8. The lowest BCUT2D eigenvalue weighted by Crippen LogP contribution is -2.34. The van der Waals surface area contributed by atoms with E-state index in [1.54, 1.807) is 11.3 Å². The molecule has 1 amide bonds. The van der Waals surface area contributed by atoms with Gasteiger partial charge >= 0.3 is 6.18 Å². The van der Waals surface area contributed by atoms with Crippen LogP contribution in [0.5, 0.6) is 5.75 Å². The van der Waals surface area contributed by atoms with Crippen LogP contribution in [0, 0.1) is 0 Å². The summed E-state index contributed by atoms with van der Waals surface area (Å²) in [6.45, 7) is 0.148. The molecule has 1 atom stereocenters. The van der Waals surface area contributed by atoms with Crippen LogP contribution in [-0.2, 0) is 11.2 Å². The van der Waals surface area contributed by atoms with Crippen molar-refractivity contribution >= 4 is 28.8 Å². The molecule has 0 saturated carbocycles. The van der Waals surface area contributed by atoms with Gasteiger partial charge in [0.2, 0.25) is 5.91 Å². The third kappa shape index (κ3) is 4.67. The third-order valence-electron chi connectivity index (χ3n) is 3.87. The molecule has 2 aromatic rings. The lowest BCUT2D eigenvalue weighted by Gasteiger charge is -2.13. The first-order valence-corrected chi connectivity index (χ1v) is 8.99. The maximum Gasteiger partial charge on any atom is 0.389 e. The Hall–Kier alpha value is -1.73. The summed E-state index contributed by atoms with van der Waals surface area (Å²) in [4.78, 5) is 11.5. The molecule has 1 aliphatic heterocycles. The van der Waals surface area contributed by atoms with Crippen molar-refractivity contribution in [2.75, 3.05) is 6.54 Å². The van der Waals surface area contributed by atoms with Gasteiger partial charge in [0.15, 0.2) is 0 Å². The fraction of sp³-hybridized carbons (Fsp3) is 0.353. The number of benzene rings is 1. The molecule has 1 N–H and O–H groups in total. The van der Waals surface area contributed by atoms with Crippen molar-refractivity contribution in [3.05, 3.63) is 39.5 Å². The number of hydrogen-bond acceptors (Lipinski definition) is 3. The number of ether oxygens (including phenoxy) is 1. The zero-order valence-electron chi connectivity index (χ0n) is 13.0. The van der Waals surface area contributed by atoms with Crippen LogP contribution in [0.1, 0.15) is 18.4 Å². The summed E-state index contributed by atoms with van der Waals surface area (Å²) in [6, 6.07) is 5.82. The zero-order valence-corrected chi connectivity index (χ0v) is 14.6. The lowest BCUT2D eigenvalue weighted by molar-refractivity contribution is -0.144. The van der Waals surface area contributed by atoms with E-state index in [1.165, 1.54) is 0 Å². The largest absolute Gasteiger partial charge is 0.486 e. The lowest BCUT2D eigenvalue weighted by atomic mass is 10.0. The van der Waals surface area contributed by atoms with Crippen molar-refractivity contribution in [1.29, 1.82) is 0 Å². The summed E-state index contributed by atoms with van der Waals surface area (Å²) in [7, 11) is 0. The van der Waals surface area contributed by atoms with Gasteiger partial charge in [-0.05, 0) is 40.1 Å². The fourth-order valence-electron chi connectivity index (χ4n) is 2.67. The molecule has 0 radical (unpaired) electrons. The Morgan fingerprint density at radius 2 is 2.16 bits per heavy atom. The van der Waals surface area contributed by atoms with Crippen LogP contribution in [-0.4, -0.2) is 24.7 Å². The van der Waals surface area contributed by atoms with E-state index in [0.29, 0.717) is 17.2 Å². The highest BCUT2D eigenvalue weighted by atomic mass is 35.5. The highest BCUT2D eigenvalue weighted by molar-refractivity contribution is 7.08. The van der Waals surface area contributed by atoms with Crippen molar-refractivity contribution in [2.45, 2.75) is 31.5 Å². The predicted molar refractivity (Wildman–Crippen MR) is 91.2 cm³/mol. The highest BCUT2D eigenvalue weighted by Crippen LogP contribution is 2.39. The average molecular weight is 390 g/mol. The number of amides is 1. The van der Waals surface area contributed by atoms with E-state index < -0.39 is 24.9 Å². The molecular formula is C17H15ClF3NO2S. The first kappa shape index (κ1) is 18.1. The van der Waals surface area contributed by atoms with E-state index >= 15 is 0 Å². The van der Waals surface area contributed by atoms with Gasteiger partial charge in [0, 0.05) is 18.4 Å². The Bertz CT molecular complexity index is 762. The van der Waals surface area contributed by atoms with Crippen LogP contribution in [0.25, 0.3) is 11.1 Å². The monoisotopic (exact) mass is 389 g/mol. The van der Waals surface area contributed by atoms with E-state index in [-0.39, 0.29) is 12.6 Å². The Balaban J connectivity index is 1.58. The van der Waals surface area contributed by atoms with Gasteiger partial charge in [-0.15, -0.1) is 0 Å². The smallest absolute Gasteiger partial charge is 0.389 e. The maximum absolute atomic E-state index is 12.1. The molecule has 8 heteroatoms. The Morgan fingerprint density at radius 1 is 1.36 bits per heavy atom. The van der Waals surface area contributed by atoms with E-state index in [1.807, 2.05) is 29.0 Å². The minimum atomic E-state index is -4.33. The number of carbonyl (C=O) groups excluding carboxylic acids is 1. The number of nitrogens with one attached hydrogen (secondary N) is 1. The fourth-order valence-corrected chi connectivity index (χ4v) is 3.62. The molecule has 1 aromatic heterocycles. The molecule has 0 aliphatic carbocycles. The van der Waals surface area contributed by atoms with Gasteiger partial charge in [0.25, 0.3) is 0 Å². The van der Waals surface area contributed by atoms with Gasteiger partial charge in [-0.1, -0.05) is 11.6 Å². The summed E-state index contributed by atoms with van der Waals surface area (Å²) >= 11 is 7.88. The molecule has 0 saturated heterocycles. The average Bonchev–Trinajstić information content (AvgIpc) is 3.19. The molecule has 3 nitrogen and oxygen atoms in total. The standard InChI is InChI=1S/C17H15ClF3NO2S/c18-14-7-11(10-2-4-25-9-10)5-12-6-13(24-16(12)14)8-22-15(23)1-3-17(19,20)21/h2,4-5,7,9,13H,1,3,6,8H2,(H,22,23)/t13-/m0/s1. The second kappa shape index (κ2) is 7.25. The maximum atomic E-state index is 12.1. The van der Waals surface area contributed by atoms with Gasteiger partial charge < -0.3 is 10.1 Å². The molecule has 3 rings (SSSR count). The Kier molecular flexibility index (Phi) is 5.24. The van der Waals surface area contributed by atoms with Crippen molar-refractivity contribution in [1.82, 2.24) is 5.32 Å². The topological polar surface area (TPSA) is 38.3 Å². The number of fused-ring (bicyclic) bond motifs is 1. The molecule has 1 aromatic carbocycles. The Morgan fingerprint density at radius 3 is 2.84 bits per heavy atom. The first-order valence-electron chi connectivity index (χ1n) is 7.67. The molecule has 1 aliphatic rings. The van der Waals surface area contributed by atoms with Crippen LogP contribution < -0.4 is 10.1 Å². The SMILES string of the molecule is O=C(CCC(F)(F)F)NC[C@@H]1Cc2cc(-c3ccsc3)cc(Cl)c2O1. The van der Waals surface area contributed by atoms with Crippen molar-refractivity contribution in [3.63, 3.8) is 0 Å².